The van der Waals surface area contributed by atoms with Crippen LogP contribution in [0, 0.1) is 11.8 Å². The second-order valence-electron chi connectivity index (χ2n) is 6.83. The molecule has 7 nitrogen and oxygen atoms in total. The van der Waals surface area contributed by atoms with E-state index in [1.165, 1.54) is 0 Å². The molecule has 0 aliphatic rings. The molecule has 0 aliphatic carbocycles. The molecule has 0 spiro atoms. The van der Waals surface area contributed by atoms with Crippen LogP contribution >= 0.6 is 0 Å². The molecule has 0 saturated carbocycles. The first-order chi connectivity index (χ1) is 11.0. The number of rotatable bonds is 10. The lowest BCUT2D eigenvalue weighted by Crippen LogP contribution is -2.50. The SMILES string of the molecule is CCC(=O)O[C@@H](OC(=O)N[C@@](C)(CC(=O)O)C[C@@H](C)CC)C(C)C. The molecular formula is C17H31NO6. The maximum absolute atomic E-state index is 12.2. The Labute approximate surface area is 144 Å². The van der Waals surface area contributed by atoms with Crippen LogP contribution in [-0.4, -0.2) is 35.0 Å². The molecule has 3 atom stereocenters. The number of aliphatic carboxylic acids is 1. The van der Waals surface area contributed by atoms with Crippen molar-refractivity contribution in [2.75, 3.05) is 0 Å². The van der Waals surface area contributed by atoms with Crippen LogP contribution < -0.4 is 5.32 Å². The number of esters is 1. The Morgan fingerprint density at radius 2 is 1.71 bits per heavy atom. The van der Waals surface area contributed by atoms with Crippen molar-refractivity contribution in [3.63, 3.8) is 0 Å². The number of nitrogens with one attached hydrogen (secondary N) is 1. The van der Waals surface area contributed by atoms with Crippen LogP contribution in [0.4, 0.5) is 4.79 Å². The fraction of sp³-hybridized carbons (Fsp3) is 0.824. The van der Waals surface area contributed by atoms with Gasteiger partial charge >= 0.3 is 18.0 Å². The fourth-order valence-electron chi connectivity index (χ4n) is 2.31. The van der Waals surface area contributed by atoms with E-state index in [0.29, 0.717) is 6.42 Å². The summed E-state index contributed by atoms with van der Waals surface area (Å²) in [6.07, 6.45) is -0.451. The number of hydrogen-bond acceptors (Lipinski definition) is 5. The number of hydrogen-bond donors (Lipinski definition) is 2. The van der Waals surface area contributed by atoms with Crippen molar-refractivity contribution in [3.8, 4) is 0 Å². The van der Waals surface area contributed by atoms with Crippen LogP contribution in [0.25, 0.3) is 0 Å². The molecule has 24 heavy (non-hydrogen) atoms. The van der Waals surface area contributed by atoms with Gasteiger partial charge in [0.25, 0.3) is 6.29 Å². The minimum absolute atomic E-state index is 0.180. The fourth-order valence-corrected chi connectivity index (χ4v) is 2.31. The third-order valence-electron chi connectivity index (χ3n) is 3.74. The summed E-state index contributed by atoms with van der Waals surface area (Å²) < 4.78 is 10.3. The highest BCUT2D eigenvalue weighted by Gasteiger charge is 2.33. The summed E-state index contributed by atoms with van der Waals surface area (Å²) in [4.78, 5) is 34.7. The summed E-state index contributed by atoms with van der Waals surface area (Å²) in [5, 5.41) is 11.7. The second-order valence-corrected chi connectivity index (χ2v) is 6.83. The highest BCUT2D eigenvalue weighted by atomic mass is 16.7. The van der Waals surface area contributed by atoms with E-state index in [-0.39, 0.29) is 24.7 Å². The highest BCUT2D eigenvalue weighted by molar-refractivity contribution is 5.73. The predicted molar refractivity (Wildman–Crippen MR) is 89.4 cm³/mol. The third kappa shape index (κ3) is 8.74. The van der Waals surface area contributed by atoms with Crippen LogP contribution in [0.15, 0.2) is 0 Å². The van der Waals surface area contributed by atoms with E-state index in [4.69, 9.17) is 14.6 Å². The highest BCUT2D eigenvalue weighted by Crippen LogP contribution is 2.23. The Kier molecular flexibility index (Phi) is 9.40. The molecule has 2 N–H and O–H groups in total. The third-order valence-corrected chi connectivity index (χ3v) is 3.74. The van der Waals surface area contributed by atoms with E-state index >= 15 is 0 Å². The summed E-state index contributed by atoms with van der Waals surface area (Å²) >= 11 is 0. The topological polar surface area (TPSA) is 102 Å². The van der Waals surface area contributed by atoms with Gasteiger partial charge in [-0.1, -0.05) is 41.0 Å². The first-order valence-electron chi connectivity index (χ1n) is 8.43. The normalized spacial score (nSPS) is 16.0. The predicted octanol–water partition coefficient (Wildman–Crippen LogP) is 3.32. The Bertz CT molecular complexity index is 437. The Balaban J connectivity index is 4.95. The van der Waals surface area contributed by atoms with E-state index in [0.717, 1.165) is 6.42 Å². The molecule has 0 aromatic carbocycles. The number of ether oxygens (including phenoxy) is 2. The average Bonchev–Trinajstić information content (AvgIpc) is 2.44. The molecule has 0 fully saturated rings. The lowest BCUT2D eigenvalue weighted by atomic mass is 9.86. The van der Waals surface area contributed by atoms with Gasteiger partial charge in [-0.2, -0.15) is 0 Å². The summed E-state index contributed by atoms with van der Waals surface area (Å²) in [5.74, 6) is -1.44. The molecule has 0 radical (unpaired) electrons. The second kappa shape index (κ2) is 10.2. The Morgan fingerprint density at radius 3 is 2.12 bits per heavy atom. The van der Waals surface area contributed by atoms with Crippen molar-refractivity contribution in [3.05, 3.63) is 0 Å². The maximum Gasteiger partial charge on any atom is 0.410 e. The van der Waals surface area contributed by atoms with Gasteiger partial charge in [0, 0.05) is 12.3 Å². The lowest BCUT2D eigenvalue weighted by molar-refractivity contribution is -0.174. The first kappa shape index (κ1) is 22.2. The molecule has 140 valence electrons. The first-order valence-corrected chi connectivity index (χ1v) is 8.43. The zero-order valence-electron chi connectivity index (χ0n) is 15.5. The minimum Gasteiger partial charge on any atom is -0.481 e. The van der Waals surface area contributed by atoms with Gasteiger partial charge in [-0.05, 0) is 19.3 Å². The standard InChI is InChI=1S/C17H31NO6/c1-7-12(5)9-17(6,10-13(19)20)18-16(22)24-15(11(3)4)23-14(21)8-2/h11-12,15H,7-10H2,1-6H3,(H,18,22)(H,19,20)/t12-,15-,17+/m0/s1. The average molecular weight is 345 g/mol. The number of carboxylic acids is 1. The zero-order chi connectivity index (χ0) is 18.9. The van der Waals surface area contributed by atoms with E-state index in [9.17, 15) is 14.4 Å². The van der Waals surface area contributed by atoms with Gasteiger partial charge in [0.1, 0.15) is 0 Å². The minimum atomic E-state index is -1.00. The van der Waals surface area contributed by atoms with Gasteiger partial charge in [-0.25, -0.2) is 4.79 Å². The van der Waals surface area contributed by atoms with Crippen LogP contribution in [0.2, 0.25) is 0 Å². The van der Waals surface area contributed by atoms with Crippen LogP contribution in [-0.2, 0) is 19.1 Å². The van der Waals surface area contributed by atoms with Crippen molar-refractivity contribution in [1.29, 1.82) is 0 Å². The summed E-state index contributed by atoms with van der Waals surface area (Å²) in [7, 11) is 0. The summed E-state index contributed by atoms with van der Waals surface area (Å²) in [5.41, 5.74) is -0.936. The Hall–Kier alpha value is -1.79. The van der Waals surface area contributed by atoms with Crippen molar-refractivity contribution < 1.29 is 29.0 Å². The van der Waals surface area contributed by atoms with Gasteiger partial charge in [0.2, 0.25) is 0 Å². The molecule has 0 unspecified atom stereocenters. The number of carbonyl (C=O) groups is 3. The zero-order valence-corrected chi connectivity index (χ0v) is 15.5. The number of amides is 1. The smallest absolute Gasteiger partial charge is 0.410 e. The quantitative estimate of drug-likeness (QED) is 0.465. The molecule has 0 aromatic rings. The van der Waals surface area contributed by atoms with Gasteiger partial charge < -0.3 is 19.9 Å². The van der Waals surface area contributed by atoms with E-state index in [2.05, 4.69) is 5.32 Å². The van der Waals surface area contributed by atoms with Crippen molar-refractivity contribution in [2.45, 2.75) is 79.1 Å². The van der Waals surface area contributed by atoms with Crippen LogP contribution in [0.1, 0.15) is 67.2 Å². The molecule has 0 rings (SSSR count). The largest absolute Gasteiger partial charge is 0.481 e. The van der Waals surface area contributed by atoms with Crippen molar-refractivity contribution in [1.82, 2.24) is 5.32 Å². The molecule has 0 saturated heterocycles. The van der Waals surface area contributed by atoms with Gasteiger partial charge in [-0.15, -0.1) is 0 Å². The number of carboxylic acid groups (broad SMARTS) is 1. The maximum atomic E-state index is 12.2. The monoisotopic (exact) mass is 345 g/mol. The van der Waals surface area contributed by atoms with Gasteiger partial charge in [-0.3, -0.25) is 9.59 Å². The number of carbonyl (C=O) groups excluding carboxylic acids is 2. The van der Waals surface area contributed by atoms with Crippen molar-refractivity contribution >= 4 is 18.0 Å². The summed E-state index contributed by atoms with van der Waals surface area (Å²) in [6.45, 7) is 10.8. The lowest BCUT2D eigenvalue weighted by Gasteiger charge is -2.32. The molecule has 7 heteroatoms. The molecular weight excluding hydrogens is 314 g/mol. The van der Waals surface area contributed by atoms with E-state index in [1.54, 1.807) is 27.7 Å². The van der Waals surface area contributed by atoms with Crippen molar-refractivity contribution in [2.24, 2.45) is 11.8 Å². The van der Waals surface area contributed by atoms with Gasteiger partial charge in [0.15, 0.2) is 0 Å². The van der Waals surface area contributed by atoms with Gasteiger partial charge in [0.05, 0.1) is 12.0 Å². The molecule has 0 aliphatic heterocycles. The Morgan fingerprint density at radius 1 is 1.12 bits per heavy atom. The van der Waals surface area contributed by atoms with E-state index in [1.807, 2.05) is 13.8 Å². The molecule has 1 amide bonds. The molecule has 0 bridgehead atoms. The molecule has 0 aromatic heterocycles. The van der Waals surface area contributed by atoms with E-state index < -0.39 is 29.9 Å². The van der Waals surface area contributed by atoms with Crippen LogP contribution in [0.5, 0.6) is 0 Å². The number of alkyl carbamates (subject to hydrolysis) is 1. The molecule has 0 heterocycles. The summed E-state index contributed by atoms with van der Waals surface area (Å²) in [6, 6.07) is 0. The van der Waals surface area contributed by atoms with Crippen LogP contribution in [0.3, 0.4) is 0 Å².